The summed E-state index contributed by atoms with van der Waals surface area (Å²) in [6.45, 7) is 1.61. The first kappa shape index (κ1) is 17.0. The minimum absolute atomic E-state index is 0.533. The number of benzene rings is 1. The van der Waals surface area contributed by atoms with Crippen molar-refractivity contribution in [1.29, 1.82) is 0 Å². The minimum Gasteiger partial charge on any atom is -0.497 e. The number of nitrogen functional groups attached to an aromatic ring is 1. The van der Waals surface area contributed by atoms with Gasteiger partial charge in [-0.2, -0.15) is 10.1 Å². The van der Waals surface area contributed by atoms with Crippen molar-refractivity contribution in [3.63, 3.8) is 0 Å². The molecule has 0 atom stereocenters. The first-order valence-corrected chi connectivity index (χ1v) is 8.03. The van der Waals surface area contributed by atoms with Crippen LogP contribution in [0.15, 0.2) is 24.3 Å². The molecule has 0 spiro atoms. The number of nitrogens with two attached hydrogens (primary N) is 1. The van der Waals surface area contributed by atoms with Crippen LogP contribution in [-0.4, -0.2) is 58.9 Å². The molecule has 0 aliphatic carbocycles. The fourth-order valence-corrected chi connectivity index (χ4v) is 2.56. The van der Waals surface area contributed by atoms with Gasteiger partial charge in [0.1, 0.15) is 11.6 Å². The van der Waals surface area contributed by atoms with Crippen molar-refractivity contribution >= 4 is 22.8 Å². The summed E-state index contributed by atoms with van der Waals surface area (Å²) >= 11 is 0. The second-order valence-corrected chi connectivity index (χ2v) is 6.07. The first-order chi connectivity index (χ1) is 12.0. The predicted octanol–water partition coefficient (Wildman–Crippen LogP) is 1.59. The zero-order valence-electron chi connectivity index (χ0n) is 14.9. The Balaban J connectivity index is 2.10. The van der Waals surface area contributed by atoms with E-state index in [-0.39, 0.29) is 0 Å². The fraction of sp³-hybridized carbons (Fsp3) is 0.353. The Morgan fingerprint density at radius 1 is 1.28 bits per heavy atom. The molecule has 0 bridgehead atoms. The van der Waals surface area contributed by atoms with Crippen LogP contribution >= 0.6 is 0 Å². The molecule has 1 aromatic carbocycles. The van der Waals surface area contributed by atoms with E-state index >= 15 is 0 Å². The van der Waals surface area contributed by atoms with Gasteiger partial charge in [-0.05, 0) is 26.2 Å². The Bertz CT molecular complexity index is 888. The van der Waals surface area contributed by atoms with Gasteiger partial charge in [-0.1, -0.05) is 12.1 Å². The molecule has 0 unspecified atom stereocenters. The van der Waals surface area contributed by atoms with Crippen LogP contribution in [0.1, 0.15) is 0 Å². The van der Waals surface area contributed by atoms with Gasteiger partial charge in [0, 0.05) is 25.7 Å². The van der Waals surface area contributed by atoms with Crippen LogP contribution in [0.4, 0.5) is 11.8 Å². The Morgan fingerprint density at radius 3 is 2.80 bits per heavy atom. The zero-order valence-corrected chi connectivity index (χ0v) is 14.9. The van der Waals surface area contributed by atoms with Crippen molar-refractivity contribution in [3.8, 4) is 17.0 Å². The number of nitrogens with zero attached hydrogens (tertiary/aromatic N) is 5. The average Bonchev–Trinajstić information content (AvgIpc) is 2.88. The number of methoxy groups -OCH3 is 1. The summed E-state index contributed by atoms with van der Waals surface area (Å²) < 4.78 is 6.95. The third-order valence-corrected chi connectivity index (χ3v) is 3.92. The van der Waals surface area contributed by atoms with E-state index in [1.54, 1.807) is 18.8 Å². The summed E-state index contributed by atoms with van der Waals surface area (Å²) in [5.74, 6) is 1.83. The van der Waals surface area contributed by atoms with E-state index in [9.17, 15) is 0 Å². The highest BCUT2D eigenvalue weighted by molar-refractivity contribution is 5.99. The van der Waals surface area contributed by atoms with E-state index in [4.69, 9.17) is 10.5 Å². The average molecular weight is 341 g/mol. The van der Waals surface area contributed by atoms with Crippen molar-refractivity contribution < 1.29 is 4.74 Å². The number of rotatable bonds is 6. The molecule has 0 aliphatic heterocycles. The highest BCUT2D eigenvalue weighted by Gasteiger charge is 2.17. The van der Waals surface area contributed by atoms with E-state index in [2.05, 4.69) is 25.3 Å². The van der Waals surface area contributed by atoms with Gasteiger partial charge in [0.25, 0.3) is 0 Å². The zero-order chi connectivity index (χ0) is 18.0. The lowest BCUT2D eigenvalue weighted by molar-refractivity contribution is 0.415. The highest BCUT2D eigenvalue weighted by atomic mass is 16.5. The topological polar surface area (TPSA) is 94.1 Å². The van der Waals surface area contributed by atoms with Gasteiger partial charge in [0.05, 0.1) is 18.2 Å². The number of anilines is 2. The Labute approximate surface area is 146 Å². The summed E-state index contributed by atoms with van der Waals surface area (Å²) in [5.41, 5.74) is 8.41. The summed E-state index contributed by atoms with van der Waals surface area (Å²) in [6, 6.07) is 7.72. The van der Waals surface area contributed by atoms with E-state index in [1.807, 2.05) is 38.4 Å². The molecule has 0 radical (unpaired) electrons. The van der Waals surface area contributed by atoms with Gasteiger partial charge in [-0.15, -0.1) is 0 Å². The van der Waals surface area contributed by atoms with E-state index < -0.39 is 0 Å². The maximum Gasteiger partial charge on any atom is 0.225 e. The van der Waals surface area contributed by atoms with E-state index in [0.717, 1.165) is 35.5 Å². The Morgan fingerprint density at radius 2 is 2.08 bits per heavy atom. The van der Waals surface area contributed by atoms with E-state index in [1.165, 1.54) is 0 Å². The van der Waals surface area contributed by atoms with Crippen LogP contribution in [0.2, 0.25) is 0 Å². The van der Waals surface area contributed by atoms with Gasteiger partial charge in [-0.25, -0.2) is 4.98 Å². The molecule has 3 N–H and O–H groups in total. The lowest BCUT2D eigenvalue weighted by Crippen LogP contribution is -2.21. The van der Waals surface area contributed by atoms with Gasteiger partial charge in [-0.3, -0.25) is 4.68 Å². The third-order valence-electron chi connectivity index (χ3n) is 3.92. The second kappa shape index (κ2) is 6.94. The van der Waals surface area contributed by atoms with Crippen LogP contribution in [-0.2, 0) is 7.05 Å². The van der Waals surface area contributed by atoms with Gasteiger partial charge >= 0.3 is 0 Å². The van der Waals surface area contributed by atoms with Gasteiger partial charge < -0.3 is 20.7 Å². The SMILES string of the molecule is COc1cccc(-c2nc(NCCN(C)C)nc3nn(C)c(N)c23)c1. The summed E-state index contributed by atoms with van der Waals surface area (Å²) in [5, 5.41) is 8.40. The quantitative estimate of drug-likeness (QED) is 0.703. The molecule has 8 nitrogen and oxygen atoms in total. The van der Waals surface area contributed by atoms with Crippen LogP contribution in [0.3, 0.4) is 0 Å². The molecule has 132 valence electrons. The number of ether oxygens (including phenoxy) is 1. The minimum atomic E-state index is 0.533. The van der Waals surface area contributed by atoms with Crippen LogP contribution in [0.5, 0.6) is 5.75 Å². The second-order valence-electron chi connectivity index (χ2n) is 6.07. The number of aromatic nitrogens is 4. The van der Waals surface area contributed by atoms with Crippen LogP contribution in [0.25, 0.3) is 22.3 Å². The number of hydrogen-bond acceptors (Lipinski definition) is 7. The largest absolute Gasteiger partial charge is 0.497 e. The molecule has 0 aliphatic rings. The number of nitrogens with one attached hydrogen (secondary N) is 1. The summed E-state index contributed by atoms with van der Waals surface area (Å²) in [6.07, 6.45) is 0. The van der Waals surface area contributed by atoms with E-state index in [0.29, 0.717) is 17.4 Å². The number of hydrogen-bond donors (Lipinski definition) is 2. The standard InChI is InChI=1S/C17H23N7O/c1-23(2)9-8-19-17-20-14(11-6-5-7-12(10-11)25-4)13-15(18)24(3)22-16(13)21-17/h5-7,10H,8-9,18H2,1-4H3,(H,19,21,22). The van der Waals surface area contributed by atoms with Crippen molar-refractivity contribution in [2.24, 2.45) is 7.05 Å². The lowest BCUT2D eigenvalue weighted by atomic mass is 10.1. The predicted molar refractivity (Wildman–Crippen MR) is 99.7 cm³/mol. The third kappa shape index (κ3) is 3.48. The molecule has 8 heteroatoms. The molecule has 2 heterocycles. The molecule has 3 aromatic rings. The molecule has 25 heavy (non-hydrogen) atoms. The molecule has 3 rings (SSSR count). The first-order valence-electron chi connectivity index (χ1n) is 8.03. The monoisotopic (exact) mass is 341 g/mol. The number of fused-ring (bicyclic) bond motifs is 1. The molecule has 0 saturated carbocycles. The number of likely N-dealkylation sites (N-methyl/N-ethyl adjacent to an activating group) is 1. The molecule has 2 aromatic heterocycles. The summed E-state index contributed by atoms with van der Waals surface area (Å²) in [7, 11) is 7.48. The van der Waals surface area contributed by atoms with Crippen LogP contribution < -0.4 is 15.8 Å². The van der Waals surface area contributed by atoms with Crippen LogP contribution in [0, 0.1) is 0 Å². The van der Waals surface area contributed by atoms with Crippen molar-refractivity contribution in [2.45, 2.75) is 0 Å². The molecule has 0 saturated heterocycles. The molecular formula is C17H23N7O. The Kier molecular flexibility index (Phi) is 4.71. The number of aryl methyl sites for hydroxylation is 1. The van der Waals surface area contributed by atoms with Gasteiger partial charge in [0.2, 0.25) is 5.95 Å². The molecule has 0 amide bonds. The smallest absolute Gasteiger partial charge is 0.225 e. The summed E-state index contributed by atoms with van der Waals surface area (Å²) in [4.78, 5) is 11.3. The van der Waals surface area contributed by atoms with Gasteiger partial charge in [0.15, 0.2) is 5.65 Å². The maximum absolute atomic E-state index is 6.20. The normalized spacial score (nSPS) is 11.2. The highest BCUT2D eigenvalue weighted by Crippen LogP contribution is 2.32. The Hall–Kier alpha value is -2.87. The fourth-order valence-electron chi connectivity index (χ4n) is 2.56. The molecular weight excluding hydrogens is 318 g/mol. The molecule has 0 fully saturated rings. The van der Waals surface area contributed by atoms with Crippen molar-refractivity contribution in [1.82, 2.24) is 24.6 Å². The lowest BCUT2D eigenvalue weighted by Gasteiger charge is -2.12. The maximum atomic E-state index is 6.20. The van der Waals surface area contributed by atoms with Crippen molar-refractivity contribution in [2.75, 3.05) is 45.3 Å². The van der Waals surface area contributed by atoms with Crippen molar-refractivity contribution in [3.05, 3.63) is 24.3 Å².